The Morgan fingerprint density at radius 2 is 1.19 bits per heavy atom. The zero-order valence-electron chi connectivity index (χ0n) is 16.7. The summed E-state index contributed by atoms with van der Waals surface area (Å²) in [4.78, 5) is 13.5. The van der Waals surface area contributed by atoms with Crippen LogP contribution >= 0.6 is 11.6 Å². The molecule has 0 saturated carbocycles. The summed E-state index contributed by atoms with van der Waals surface area (Å²) < 4.78 is 6.29. The zero-order valence-corrected chi connectivity index (χ0v) is 17.5. The molecule has 5 aromatic carbocycles. The van der Waals surface area contributed by atoms with Crippen molar-refractivity contribution in [2.24, 2.45) is 0 Å². The van der Waals surface area contributed by atoms with Gasteiger partial charge in [0.05, 0.1) is 0 Å². The second kappa shape index (κ2) is 6.49. The molecule has 4 nitrogen and oxygen atoms in total. The van der Waals surface area contributed by atoms with Crippen LogP contribution < -0.4 is 0 Å². The lowest BCUT2D eigenvalue weighted by molar-refractivity contribution is 0.669. The average Bonchev–Trinajstić information content (AvgIpc) is 3.22. The van der Waals surface area contributed by atoms with Crippen LogP contribution in [0.1, 0.15) is 0 Å². The van der Waals surface area contributed by atoms with Crippen molar-refractivity contribution in [3.63, 3.8) is 0 Å². The summed E-state index contributed by atoms with van der Waals surface area (Å²) >= 11 is 6.31. The molecule has 0 fully saturated rings. The van der Waals surface area contributed by atoms with E-state index in [0.29, 0.717) is 11.6 Å². The third kappa shape index (κ3) is 2.47. The predicted octanol–water partition coefficient (Wildman–Crippen LogP) is 7.50. The van der Waals surface area contributed by atoms with Crippen LogP contribution in [-0.4, -0.2) is 15.0 Å². The Morgan fingerprint density at radius 1 is 0.531 bits per heavy atom. The number of aromatic nitrogens is 3. The second-order valence-corrected chi connectivity index (χ2v) is 8.18. The molecule has 7 rings (SSSR count). The lowest BCUT2D eigenvalue weighted by atomic mass is 9.93. The van der Waals surface area contributed by atoms with E-state index in [1.54, 1.807) is 0 Å². The van der Waals surface area contributed by atoms with E-state index >= 15 is 0 Å². The lowest BCUT2D eigenvalue weighted by Crippen LogP contribution is -1.97. The number of hydrogen-bond acceptors (Lipinski definition) is 4. The highest BCUT2D eigenvalue weighted by Crippen LogP contribution is 2.43. The topological polar surface area (TPSA) is 51.8 Å². The van der Waals surface area contributed by atoms with Crippen molar-refractivity contribution in [2.45, 2.75) is 0 Å². The molecule has 0 bridgehead atoms. The quantitative estimate of drug-likeness (QED) is 0.266. The maximum absolute atomic E-state index is 6.31. The molecule has 150 valence electrons. The second-order valence-electron chi connectivity index (χ2n) is 7.84. The van der Waals surface area contributed by atoms with E-state index in [4.69, 9.17) is 21.0 Å². The Kier molecular flexibility index (Phi) is 3.58. The third-order valence-electron chi connectivity index (χ3n) is 6.00. The summed E-state index contributed by atoms with van der Waals surface area (Å²) in [6, 6.07) is 28.6. The van der Waals surface area contributed by atoms with E-state index in [2.05, 4.69) is 46.4 Å². The first kappa shape index (κ1) is 17.6. The molecule has 2 heterocycles. The van der Waals surface area contributed by atoms with Gasteiger partial charge >= 0.3 is 0 Å². The molecule has 0 atom stereocenters. The minimum Gasteiger partial charge on any atom is -0.456 e. The first-order valence-electron chi connectivity index (χ1n) is 10.3. The van der Waals surface area contributed by atoms with Gasteiger partial charge in [-0.15, -0.1) is 0 Å². The monoisotopic (exact) mass is 431 g/mol. The highest BCUT2D eigenvalue weighted by molar-refractivity contribution is 6.33. The largest absolute Gasteiger partial charge is 0.456 e. The van der Waals surface area contributed by atoms with E-state index < -0.39 is 0 Å². The van der Waals surface area contributed by atoms with Crippen LogP contribution in [0, 0.1) is 0 Å². The maximum atomic E-state index is 6.31. The normalized spacial score (nSPS) is 11.9. The van der Waals surface area contributed by atoms with Gasteiger partial charge in [0.2, 0.25) is 5.28 Å². The van der Waals surface area contributed by atoms with Crippen LogP contribution in [0.4, 0.5) is 0 Å². The van der Waals surface area contributed by atoms with Crippen LogP contribution in [0.3, 0.4) is 0 Å². The van der Waals surface area contributed by atoms with E-state index in [1.165, 1.54) is 16.2 Å². The molecule has 0 saturated heterocycles. The summed E-state index contributed by atoms with van der Waals surface area (Å²) in [7, 11) is 0. The highest BCUT2D eigenvalue weighted by Gasteiger charge is 2.19. The molecule has 0 radical (unpaired) electrons. The van der Waals surface area contributed by atoms with Gasteiger partial charge in [-0.3, -0.25) is 0 Å². The number of halogens is 1. The molecule has 0 spiro atoms. The smallest absolute Gasteiger partial charge is 0.226 e. The summed E-state index contributed by atoms with van der Waals surface area (Å²) in [5, 5.41) is 7.13. The van der Waals surface area contributed by atoms with Gasteiger partial charge in [0.25, 0.3) is 0 Å². The van der Waals surface area contributed by atoms with E-state index in [0.717, 1.165) is 38.5 Å². The standard InChI is InChI=1S/C27H14ClN3O/c28-27-30-25(15-7-2-1-3-8-15)29-26(31-27)16-13-20-18-10-5-4-9-17(18)19-11-6-12-21-23(19)24(20)22(14-16)32-21/h1-14H. The molecular weight excluding hydrogens is 418 g/mol. The highest BCUT2D eigenvalue weighted by atomic mass is 35.5. The van der Waals surface area contributed by atoms with Crippen molar-refractivity contribution < 1.29 is 4.42 Å². The molecule has 7 aromatic rings. The molecule has 0 unspecified atom stereocenters. The van der Waals surface area contributed by atoms with E-state index in [-0.39, 0.29) is 5.28 Å². The number of benzene rings is 5. The van der Waals surface area contributed by atoms with Gasteiger partial charge in [-0.05, 0) is 51.3 Å². The van der Waals surface area contributed by atoms with Crippen molar-refractivity contribution in [3.8, 4) is 22.8 Å². The first-order chi connectivity index (χ1) is 15.8. The maximum Gasteiger partial charge on any atom is 0.226 e. The fourth-order valence-corrected chi connectivity index (χ4v) is 4.82. The molecular formula is C27H14ClN3O. The van der Waals surface area contributed by atoms with Gasteiger partial charge < -0.3 is 4.42 Å². The van der Waals surface area contributed by atoms with Crippen molar-refractivity contribution in [1.29, 1.82) is 0 Å². The molecule has 0 amide bonds. The van der Waals surface area contributed by atoms with E-state index in [9.17, 15) is 0 Å². The summed E-state index contributed by atoms with van der Waals surface area (Å²) in [6.07, 6.45) is 0. The van der Waals surface area contributed by atoms with Crippen LogP contribution in [0.2, 0.25) is 5.28 Å². The number of furan rings is 1. The average molecular weight is 432 g/mol. The van der Waals surface area contributed by atoms with Crippen LogP contribution in [0.25, 0.3) is 66.3 Å². The van der Waals surface area contributed by atoms with Crippen molar-refractivity contribution >= 4 is 55.1 Å². The van der Waals surface area contributed by atoms with Gasteiger partial charge in [-0.2, -0.15) is 9.97 Å². The molecule has 0 aliphatic rings. The Morgan fingerprint density at radius 3 is 2.00 bits per heavy atom. The minimum absolute atomic E-state index is 0.162. The molecule has 0 aliphatic carbocycles. The Hall–Kier alpha value is -4.02. The Bertz CT molecular complexity index is 1790. The molecule has 2 aromatic heterocycles. The summed E-state index contributed by atoms with van der Waals surface area (Å²) in [5.74, 6) is 1.06. The van der Waals surface area contributed by atoms with Gasteiger partial charge in [0.15, 0.2) is 11.6 Å². The summed E-state index contributed by atoms with van der Waals surface area (Å²) in [6.45, 7) is 0. The number of fused-ring (bicyclic) bond motifs is 3. The first-order valence-corrected chi connectivity index (χ1v) is 10.7. The molecule has 5 heteroatoms. The molecule has 0 aliphatic heterocycles. The van der Waals surface area contributed by atoms with Gasteiger partial charge in [0, 0.05) is 21.9 Å². The number of hydrogen-bond donors (Lipinski definition) is 0. The molecule has 0 N–H and O–H groups in total. The number of rotatable bonds is 2. The molecule has 32 heavy (non-hydrogen) atoms. The van der Waals surface area contributed by atoms with Crippen LogP contribution in [0.15, 0.2) is 89.3 Å². The fraction of sp³-hybridized carbons (Fsp3) is 0. The van der Waals surface area contributed by atoms with Gasteiger partial charge in [0.1, 0.15) is 11.2 Å². The SMILES string of the molecule is Clc1nc(-c2ccccc2)nc(-c2cc3oc4cccc5c6ccccc6c(c2)c3c45)n1. The van der Waals surface area contributed by atoms with Crippen molar-refractivity contribution in [2.75, 3.05) is 0 Å². The summed E-state index contributed by atoms with van der Waals surface area (Å²) in [5.41, 5.74) is 3.42. The zero-order chi connectivity index (χ0) is 21.2. The van der Waals surface area contributed by atoms with Crippen molar-refractivity contribution in [3.05, 3.63) is 90.2 Å². The minimum atomic E-state index is 0.162. The van der Waals surface area contributed by atoms with Crippen LogP contribution in [-0.2, 0) is 0 Å². The van der Waals surface area contributed by atoms with Crippen LogP contribution in [0.5, 0.6) is 0 Å². The number of nitrogens with zero attached hydrogens (tertiary/aromatic N) is 3. The van der Waals surface area contributed by atoms with Gasteiger partial charge in [-0.25, -0.2) is 4.98 Å². The fourth-order valence-electron chi connectivity index (χ4n) is 4.66. The third-order valence-corrected chi connectivity index (χ3v) is 6.17. The Balaban J connectivity index is 1.58. The van der Waals surface area contributed by atoms with Crippen molar-refractivity contribution in [1.82, 2.24) is 15.0 Å². The lowest BCUT2D eigenvalue weighted by Gasteiger charge is -2.10. The van der Waals surface area contributed by atoms with Gasteiger partial charge in [-0.1, -0.05) is 66.7 Å². The van der Waals surface area contributed by atoms with E-state index in [1.807, 2.05) is 48.5 Å². The Labute approximate surface area is 187 Å². The predicted molar refractivity (Wildman–Crippen MR) is 129 cm³/mol.